The third kappa shape index (κ3) is 4.15. The van der Waals surface area contributed by atoms with Gasteiger partial charge in [0.15, 0.2) is 0 Å². The molecule has 0 bridgehead atoms. The van der Waals surface area contributed by atoms with Crippen LogP contribution in [0, 0.1) is 34.5 Å². The Kier molecular flexibility index (Phi) is 7.12. The summed E-state index contributed by atoms with van der Waals surface area (Å²) in [5.74, 6) is 1.17. The van der Waals surface area contributed by atoms with Crippen LogP contribution in [0.1, 0.15) is 72.1 Å². The Morgan fingerprint density at radius 3 is 2.62 bits per heavy atom. The number of aliphatic hydroxyl groups excluding tert-OH is 2. The largest absolute Gasteiger partial charge is 0.481 e. The second-order valence-electron chi connectivity index (χ2n) is 10.3. The van der Waals surface area contributed by atoms with Crippen molar-refractivity contribution in [2.24, 2.45) is 34.5 Å². The van der Waals surface area contributed by atoms with Gasteiger partial charge in [-0.2, -0.15) is 0 Å². The number of hydrogen-bond donors (Lipinski definition) is 3. The molecule has 3 aliphatic rings. The molecule has 3 unspecified atom stereocenters. The molecule has 3 aliphatic carbocycles. The Bertz CT molecular complexity index is 614. The van der Waals surface area contributed by atoms with E-state index in [-0.39, 0.29) is 31.2 Å². The predicted molar refractivity (Wildman–Crippen MR) is 112 cm³/mol. The summed E-state index contributed by atoms with van der Waals surface area (Å²) in [5.41, 5.74) is 0.723. The number of carboxylic acids is 1. The molecule has 0 amide bonds. The molecule has 0 saturated heterocycles. The lowest BCUT2D eigenvalue weighted by atomic mass is 9.44. The van der Waals surface area contributed by atoms with Gasteiger partial charge < -0.3 is 20.1 Å². The molecule has 2 fully saturated rings. The monoisotopic (exact) mass is 408 g/mol. The van der Waals surface area contributed by atoms with E-state index in [0.29, 0.717) is 30.6 Å². The van der Waals surface area contributed by atoms with Gasteiger partial charge >= 0.3 is 5.97 Å². The molecule has 166 valence electrons. The van der Waals surface area contributed by atoms with Crippen LogP contribution in [-0.2, 0) is 9.53 Å². The van der Waals surface area contributed by atoms with Crippen LogP contribution < -0.4 is 0 Å². The molecule has 29 heavy (non-hydrogen) atoms. The first-order valence-electron chi connectivity index (χ1n) is 11.6. The first-order valence-corrected chi connectivity index (χ1v) is 11.6. The predicted octanol–water partition coefficient (Wildman–Crippen LogP) is 4.03. The maximum absolute atomic E-state index is 12.7. The van der Waals surface area contributed by atoms with E-state index in [4.69, 9.17) is 9.84 Å². The number of aliphatic carboxylic acids is 1. The van der Waals surface area contributed by atoms with E-state index >= 15 is 0 Å². The van der Waals surface area contributed by atoms with Crippen LogP contribution in [0.15, 0.2) is 11.6 Å². The quantitative estimate of drug-likeness (QED) is 0.528. The maximum Gasteiger partial charge on any atom is 0.310 e. The minimum Gasteiger partial charge on any atom is -0.481 e. The number of allylic oxidation sites excluding steroid dienone is 2. The lowest BCUT2D eigenvalue weighted by Gasteiger charge is -2.59. The fraction of sp³-hybridized carbons (Fsp3) is 0.875. The third-order valence-corrected chi connectivity index (χ3v) is 8.51. The van der Waals surface area contributed by atoms with Crippen LogP contribution in [-0.4, -0.2) is 47.2 Å². The third-order valence-electron chi connectivity index (χ3n) is 8.51. The molecule has 0 aliphatic heterocycles. The number of rotatable bonds is 8. The summed E-state index contributed by atoms with van der Waals surface area (Å²) < 4.78 is 5.60. The Balaban J connectivity index is 1.90. The molecule has 5 nitrogen and oxygen atoms in total. The highest BCUT2D eigenvalue weighted by molar-refractivity contribution is 5.75. The van der Waals surface area contributed by atoms with Crippen molar-refractivity contribution < 1.29 is 24.9 Å². The average Bonchev–Trinajstić information content (AvgIpc) is 2.70. The van der Waals surface area contributed by atoms with Gasteiger partial charge in [0, 0.05) is 0 Å². The highest BCUT2D eigenvalue weighted by atomic mass is 16.5. The number of aliphatic hydroxyl groups is 2. The second-order valence-corrected chi connectivity index (χ2v) is 10.3. The van der Waals surface area contributed by atoms with Gasteiger partial charge in [0.25, 0.3) is 0 Å². The summed E-state index contributed by atoms with van der Waals surface area (Å²) in [5, 5.41) is 29.3. The summed E-state index contributed by atoms with van der Waals surface area (Å²) in [6.07, 6.45) is 9.26. The SMILES string of the molecule is CC(C)C1C=C2CCC3[C@](CC(CO)OCCO)(C(=O)O)CCC[C@]3(C)[C@H]2CC1. The van der Waals surface area contributed by atoms with E-state index in [1.807, 2.05) is 0 Å². The number of fused-ring (bicyclic) bond motifs is 3. The number of hydrogen-bond acceptors (Lipinski definition) is 4. The Hall–Kier alpha value is -0.910. The van der Waals surface area contributed by atoms with Gasteiger partial charge in [-0.1, -0.05) is 38.8 Å². The van der Waals surface area contributed by atoms with E-state index in [1.165, 1.54) is 12.8 Å². The van der Waals surface area contributed by atoms with E-state index in [9.17, 15) is 15.0 Å². The molecule has 0 aromatic carbocycles. The van der Waals surface area contributed by atoms with Crippen molar-refractivity contribution in [3.8, 4) is 0 Å². The van der Waals surface area contributed by atoms with Crippen LogP contribution in [0.25, 0.3) is 0 Å². The van der Waals surface area contributed by atoms with Crippen LogP contribution >= 0.6 is 0 Å². The Morgan fingerprint density at radius 2 is 2.00 bits per heavy atom. The van der Waals surface area contributed by atoms with Crippen LogP contribution in [0.3, 0.4) is 0 Å². The number of ether oxygens (including phenoxy) is 1. The van der Waals surface area contributed by atoms with E-state index < -0.39 is 17.5 Å². The molecule has 0 aromatic rings. The zero-order valence-electron chi connectivity index (χ0n) is 18.4. The molecule has 0 aromatic heterocycles. The molecule has 0 spiro atoms. The zero-order chi connectivity index (χ0) is 21.2. The first-order chi connectivity index (χ1) is 13.8. The van der Waals surface area contributed by atoms with Gasteiger partial charge in [0.2, 0.25) is 0 Å². The highest BCUT2D eigenvalue weighted by Crippen LogP contribution is 2.64. The van der Waals surface area contributed by atoms with E-state index in [1.54, 1.807) is 5.57 Å². The fourth-order valence-electron chi connectivity index (χ4n) is 7.04. The van der Waals surface area contributed by atoms with Crippen molar-refractivity contribution in [3.63, 3.8) is 0 Å². The van der Waals surface area contributed by atoms with Gasteiger partial charge in [-0.15, -0.1) is 0 Å². The van der Waals surface area contributed by atoms with Gasteiger partial charge in [0.1, 0.15) is 0 Å². The Morgan fingerprint density at radius 1 is 1.24 bits per heavy atom. The number of carboxylic acid groups (broad SMARTS) is 1. The molecule has 5 heteroatoms. The minimum atomic E-state index is -0.851. The molecule has 3 N–H and O–H groups in total. The summed E-state index contributed by atoms with van der Waals surface area (Å²) in [7, 11) is 0. The van der Waals surface area contributed by atoms with Crippen molar-refractivity contribution in [1.29, 1.82) is 0 Å². The molecule has 6 atom stereocenters. The molecular formula is C24H40O5. The van der Waals surface area contributed by atoms with Gasteiger partial charge in [-0.3, -0.25) is 4.79 Å². The molecule has 0 radical (unpaired) electrons. The fourth-order valence-corrected chi connectivity index (χ4v) is 7.04. The molecule has 0 heterocycles. The van der Waals surface area contributed by atoms with E-state index in [2.05, 4.69) is 26.8 Å². The highest BCUT2D eigenvalue weighted by Gasteiger charge is 2.60. The summed E-state index contributed by atoms with van der Waals surface area (Å²) in [4.78, 5) is 12.7. The average molecular weight is 409 g/mol. The molecule has 3 rings (SSSR count). The standard InChI is InChI=1S/C24H40O5/c1-16(2)17-5-7-20-18(13-17)6-8-21-23(20,3)9-4-10-24(21,22(27)28)14-19(15-26)29-12-11-25/h13,16-17,19-21,25-26H,4-12,14-15H2,1-3H3,(H,27,28)/t17?,19?,20-,21?,23+,24-/m0/s1. The minimum absolute atomic E-state index is 0.000340. The van der Waals surface area contributed by atoms with Crippen molar-refractivity contribution in [2.75, 3.05) is 19.8 Å². The van der Waals surface area contributed by atoms with Crippen molar-refractivity contribution in [1.82, 2.24) is 0 Å². The van der Waals surface area contributed by atoms with Crippen LogP contribution in [0.2, 0.25) is 0 Å². The summed E-state index contributed by atoms with van der Waals surface area (Å²) in [6, 6.07) is 0. The second kappa shape index (κ2) is 9.07. The topological polar surface area (TPSA) is 87.0 Å². The lowest BCUT2D eigenvalue weighted by molar-refractivity contribution is -0.174. The van der Waals surface area contributed by atoms with Crippen LogP contribution in [0.4, 0.5) is 0 Å². The van der Waals surface area contributed by atoms with Gasteiger partial charge in [-0.05, 0) is 74.0 Å². The van der Waals surface area contributed by atoms with Crippen molar-refractivity contribution >= 4 is 5.97 Å². The normalized spacial score (nSPS) is 38.1. The molecular weight excluding hydrogens is 368 g/mol. The first kappa shape index (κ1) is 22.8. The number of carbonyl (C=O) groups is 1. The zero-order valence-corrected chi connectivity index (χ0v) is 18.4. The van der Waals surface area contributed by atoms with Crippen molar-refractivity contribution in [2.45, 2.75) is 78.2 Å². The van der Waals surface area contributed by atoms with Crippen molar-refractivity contribution in [3.05, 3.63) is 11.6 Å². The van der Waals surface area contributed by atoms with Gasteiger partial charge in [-0.25, -0.2) is 0 Å². The summed E-state index contributed by atoms with van der Waals surface area (Å²) in [6.45, 7) is 6.74. The smallest absolute Gasteiger partial charge is 0.310 e. The molecule has 2 saturated carbocycles. The lowest BCUT2D eigenvalue weighted by Crippen LogP contribution is -2.56. The van der Waals surface area contributed by atoms with Crippen LogP contribution in [0.5, 0.6) is 0 Å². The maximum atomic E-state index is 12.7. The Labute approximate surface area is 175 Å². The summed E-state index contributed by atoms with van der Waals surface area (Å²) >= 11 is 0. The van der Waals surface area contributed by atoms with Gasteiger partial charge in [0.05, 0.1) is 31.3 Å². The van der Waals surface area contributed by atoms with E-state index in [0.717, 1.165) is 25.7 Å².